The van der Waals surface area contributed by atoms with Crippen molar-refractivity contribution in [1.82, 2.24) is 0 Å². The predicted octanol–water partition coefficient (Wildman–Crippen LogP) is 3.10. The molecule has 0 spiro atoms. The summed E-state index contributed by atoms with van der Waals surface area (Å²) in [5.74, 6) is -1.08. The fourth-order valence-electron chi connectivity index (χ4n) is 2.64. The molecule has 0 saturated carbocycles. The van der Waals surface area contributed by atoms with Crippen LogP contribution in [0.25, 0.3) is 0 Å². The topological polar surface area (TPSA) is 40.1 Å². The third-order valence-electron chi connectivity index (χ3n) is 4.14. The average Bonchev–Trinajstić information content (AvgIpc) is 2.47. The van der Waals surface area contributed by atoms with Gasteiger partial charge in [-0.25, -0.2) is 0 Å². The molecular weight excluding hydrogens is 447 g/mol. The zero-order chi connectivity index (χ0) is 16.7. The van der Waals surface area contributed by atoms with Gasteiger partial charge < -0.3 is 9.90 Å². The van der Waals surface area contributed by atoms with E-state index in [0.29, 0.717) is 6.42 Å². The summed E-state index contributed by atoms with van der Waals surface area (Å²) in [7, 11) is 0. The van der Waals surface area contributed by atoms with Crippen LogP contribution in [0.2, 0.25) is 0 Å². The quantitative estimate of drug-likeness (QED) is 0.194. The molecule has 0 aliphatic heterocycles. The molecule has 0 aliphatic rings. The van der Waals surface area contributed by atoms with Gasteiger partial charge in [0.25, 0.3) is 0 Å². The van der Waals surface area contributed by atoms with Crippen molar-refractivity contribution in [1.29, 1.82) is 0 Å². The molecule has 0 atom stereocenters. The molecule has 0 aromatic heterocycles. The van der Waals surface area contributed by atoms with Crippen LogP contribution in [0.4, 0.5) is 0 Å². The van der Waals surface area contributed by atoms with Crippen LogP contribution < -0.4 is 56.5 Å². The number of carbonyl (C=O) groups is 1. The Morgan fingerprint density at radius 2 is 1.04 bits per heavy atom. The minimum absolute atomic E-state index is 0. The molecule has 0 aliphatic carbocycles. The second-order valence-corrected chi connectivity index (χ2v) is 10.1. The van der Waals surface area contributed by atoms with Gasteiger partial charge in [0, 0.05) is 0 Å². The standard InChI is InChI=1S/C18H34Br2O2.K/c1-2-3-4-5-6-7-8-9-10-11-12-13-14-15-16-18(19,20)17(21)22;/h2-16H2,1H3,(H,21,22);/q;+1/p-1. The number of alkyl halides is 2. The Hall–Kier alpha value is 2.07. The Bertz CT molecular complexity index is 274. The van der Waals surface area contributed by atoms with Gasteiger partial charge in [0.05, 0.1) is 5.97 Å². The fourth-order valence-corrected chi connectivity index (χ4v) is 3.20. The van der Waals surface area contributed by atoms with Gasteiger partial charge in [-0.05, 0) is 6.42 Å². The molecule has 0 fully saturated rings. The molecule has 5 heteroatoms. The van der Waals surface area contributed by atoms with E-state index in [4.69, 9.17) is 0 Å². The van der Waals surface area contributed by atoms with Crippen LogP contribution in [0.5, 0.6) is 0 Å². The number of unbranched alkanes of at least 4 members (excludes halogenated alkanes) is 13. The molecule has 132 valence electrons. The first-order chi connectivity index (χ1) is 10.5. The number of hydrogen-bond acceptors (Lipinski definition) is 2. The summed E-state index contributed by atoms with van der Waals surface area (Å²) in [6.45, 7) is 2.26. The van der Waals surface area contributed by atoms with Gasteiger partial charge in [-0.15, -0.1) is 0 Å². The zero-order valence-electron chi connectivity index (χ0n) is 15.2. The summed E-state index contributed by atoms with van der Waals surface area (Å²) >= 11 is 6.28. The number of carboxylic acid groups (broad SMARTS) is 1. The van der Waals surface area contributed by atoms with Crippen LogP contribution in [0.3, 0.4) is 0 Å². The minimum Gasteiger partial charge on any atom is -0.548 e. The predicted molar refractivity (Wildman–Crippen MR) is 101 cm³/mol. The largest absolute Gasteiger partial charge is 1.00 e. The number of aliphatic carboxylic acids is 1. The zero-order valence-corrected chi connectivity index (χ0v) is 21.5. The Labute approximate surface area is 203 Å². The van der Waals surface area contributed by atoms with Crippen LogP contribution in [0, 0.1) is 0 Å². The second-order valence-electron chi connectivity index (χ2n) is 6.34. The Morgan fingerprint density at radius 3 is 1.35 bits per heavy atom. The van der Waals surface area contributed by atoms with Crippen LogP contribution in [-0.4, -0.2) is 9.20 Å². The Morgan fingerprint density at radius 1 is 0.739 bits per heavy atom. The summed E-state index contributed by atoms with van der Waals surface area (Å²) in [6, 6.07) is 0. The van der Waals surface area contributed by atoms with Crippen LogP contribution in [0.1, 0.15) is 103 Å². The van der Waals surface area contributed by atoms with E-state index in [-0.39, 0.29) is 51.4 Å². The van der Waals surface area contributed by atoms with Crippen molar-refractivity contribution >= 4 is 37.8 Å². The molecule has 0 saturated heterocycles. The normalized spacial score (nSPS) is 11.3. The second kappa shape index (κ2) is 18.8. The molecule has 0 bridgehead atoms. The van der Waals surface area contributed by atoms with Crippen LogP contribution >= 0.6 is 31.9 Å². The smallest absolute Gasteiger partial charge is 0.548 e. The van der Waals surface area contributed by atoms with Gasteiger partial charge in [0.1, 0.15) is 3.23 Å². The van der Waals surface area contributed by atoms with E-state index in [9.17, 15) is 9.90 Å². The first-order valence-corrected chi connectivity index (χ1v) is 10.7. The molecule has 0 heterocycles. The molecular formula is C18H33Br2KO2. The number of rotatable bonds is 16. The third-order valence-corrected chi connectivity index (χ3v) is 5.58. The maximum Gasteiger partial charge on any atom is 1.00 e. The SMILES string of the molecule is CCCCCCCCCCCCCCCCC(Br)(Br)C(=O)[O-].[K+]. The molecule has 0 aromatic carbocycles. The minimum atomic E-state index is -1.08. The summed E-state index contributed by atoms with van der Waals surface area (Å²) in [5.41, 5.74) is 0. The molecule has 0 rings (SSSR count). The van der Waals surface area contributed by atoms with Crippen molar-refractivity contribution in [2.75, 3.05) is 0 Å². The summed E-state index contributed by atoms with van der Waals surface area (Å²) < 4.78 is -1.03. The van der Waals surface area contributed by atoms with E-state index in [1.54, 1.807) is 0 Å². The molecule has 0 N–H and O–H groups in total. The molecule has 0 radical (unpaired) electrons. The van der Waals surface area contributed by atoms with E-state index in [2.05, 4.69) is 38.8 Å². The van der Waals surface area contributed by atoms with E-state index in [1.807, 2.05) is 0 Å². The van der Waals surface area contributed by atoms with Crippen molar-refractivity contribution < 1.29 is 61.3 Å². The molecule has 2 nitrogen and oxygen atoms in total. The van der Waals surface area contributed by atoms with Crippen molar-refractivity contribution in [3.8, 4) is 0 Å². The monoisotopic (exact) mass is 478 g/mol. The fraction of sp³-hybridized carbons (Fsp3) is 0.944. The van der Waals surface area contributed by atoms with E-state index < -0.39 is 9.20 Å². The first kappa shape index (κ1) is 27.3. The summed E-state index contributed by atoms with van der Waals surface area (Å²) in [6.07, 6.45) is 18.9. The first-order valence-electron chi connectivity index (χ1n) is 9.10. The molecule has 0 unspecified atom stereocenters. The molecule has 0 aromatic rings. The third kappa shape index (κ3) is 18.7. The van der Waals surface area contributed by atoms with Crippen molar-refractivity contribution in [3.05, 3.63) is 0 Å². The summed E-state index contributed by atoms with van der Waals surface area (Å²) in [5, 5.41) is 10.8. The molecule has 23 heavy (non-hydrogen) atoms. The maximum absolute atomic E-state index is 10.8. The van der Waals surface area contributed by atoms with Gasteiger partial charge in [0.15, 0.2) is 0 Å². The number of carboxylic acids is 1. The van der Waals surface area contributed by atoms with Gasteiger partial charge in [-0.2, -0.15) is 0 Å². The summed E-state index contributed by atoms with van der Waals surface area (Å²) in [4.78, 5) is 10.8. The van der Waals surface area contributed by atoms with Crippen molar-refractivity contribution in [2.24, 2.45) is 0 Å². The van der Waals surface area contributed by atoms with Gasteiger partial charge in [0.2, 0.25) is 0 Å². The number of hydrogen-bond donors (Lipinski definition) is 0. The van der Waals surface area contributed by atoms with Crippen LogP contribution in [0.15, 0.2) is 0 Å². The van der Waals surface area contributed by atoms with Crippen LogP contribution in [-0.2, 0) is 4.79 Å². The maximum atomic E-state index is 10.8. The van der Waals surface area contributed by atoms with Gasteiger partial charge >= 0.3 is 51.4 Å². The average molecular weight is 480 g/mol. The molecule has 0 amide bonds. The van der Waals surface area contributed by atoms with Crippen molar-refractivity contribution in [3.63, 3.8) is 0 Å². The Kier molecular flexibility index (Phi) is 22.4. The Balaban J connectivity index is 0. The number of carbonyl (C=O) groups excluding carboxylic acids is 1. The van der Waals surface area contributed by atoms with Crippen molar-refractivity contribution in [2.45, 2.75) is 106 Å². The van der Waals surface area contributed by atoms with Gasteiger partial charge in [-0.1, -0.05) is 129 Å². The van der Waals surface area contributed by atoms with E-state index in [1.165, 1.54) is 77.0 Å². The van der Waals surface area contributed by atoms with Gasteiger partial charge in [-0.3, -0.25) is 0 Å². The van der Waals surface area contributed by atoms with E-state index in [0.717, 1.165) is 12.8 Å². The van der Waals surface area contributed by atoms with E-state index >= 15 is 0 Å². The number of halogens is 2.